The Morgan fingerprint density at radius 1 is 1.32 bits per heavy atom. The predicted octanol–water partition coefficient (Wildman–Crippen LogP) is 1.61. The van der Waals surface area contributed by atoms with Crippen molar-refractivity contribution in [2.75, 3.05) is 0 Å². The Balaban J connectivity index is 2.35. The molecule has 5 nitrogen and oxygen atoms in total. The molecule has 0 amide bonds. The summed E-state index contributed by atoms with van der Waals surface area (Å²) in [5.41, 5.74) is -0.526. The minimum absolute atomic E-state index is 0.0408. The van der Waals surface area contributed by atoms with Gasteiger partial charge in [-0.15, -0.1) is 0 Å². The Labute approximate surface area is 105 Å². The quantitative estimate of drug-likeness (QED) is 0.882. The molecule has 1 heterocycles. The summed E-state index contributed by atoms with van der Waals surface area (Å²) in [5, 5.41) is 8.46. The zero-order valence-corrected chi connectivity index (χ0v) is 9.74. The number of hydrogen-bond acceptors (Lipinski definition) is 3. The van der Waals surface area contributed by atoms with Gasteiger partial charge in [0.1, 0.15) is 5.82 Å². The van der Waals surface area contributed by atoms with E-state index < -0.39 is 23.2 Å². The number of aromatic nitrogens is 2. The van der Waals surface area contributed by atoms with Gasteiger partial charge in [0.2, 0.25) is 0 Å². The van der Waals surface area contributed by atoms with Gasteiger partial charge in [0.25, 0.3) is 5.56 Å². The fourth-order valence-electron chi connectivity index (χ4n) is 1.71. The maximum absolute atomic E-state index is 13.1. The van der Waals surface area contributed by atoms with Gasteiger partial charge in [0.05, 0.1) is 10.9 Å². The van der Waals surface area contributed by atoms with Gasteiger partial charge in [0.15, 0.2) is 11.6 Å². The molecule has 2 rings (SSSR count). The highest BCUT2D eigenvalue weighted by Crippen LogP contribution is 2.13. The number of benzene rings is 1. The van der Waals surface area contributed by atoms with Crippen LogP contribution >= 0.6 is 0 Å². The van der Waals surface area contributed by atoms with Gasteiger partial charge >= 0.3 is 5.97 Å². The fourth-order valence-corrected chi connectivity index (χ4v) is 1.71. The van der Waals surface area contributed by atoms with Crippen molar-refractivity contribution in [1.82, 2.24) is 9.97 Å². The van der Waals surface area contributed by atoms with Crippen molar-refractivity contribution in [1.29, 1.82) is 0 Å². The van der Waals surface area contributed by atoms with Crippen LogP contribution in [0.25, 0.3) is 10.9 Å². The highest BCUT2D eigenvalue weighted by Gasteiger charge is 2.09. The molecule has 7 heteroatoms. The van der Waals surface area contributed by atoms with Crippen LogP contribution < -0.4 is 5.56 Å². The molecule has 1 aromatic heterocycles. The van der Waals surface area contributed by atoms with Gasteiger partial charge < -0.3 is 10.1 Å². The molecule has 2 aromatic rings. The van der Waals surface area contributed by atoms with E-state index in [9.17, 15) is 18.4 Å². The lowest BCUT2D eigenvalue weighted by atomic mass is 10.2. The second-order valence-corrected chi connectivity index (χ2v) is 4.04. The SMILES string of the molecule is O=C(O)CCCc1nc2cc(F)c(F)cc2c(=O)[nH]1. The molecule has 19 heavy (non-hydrogen) atoms. The zero-order valence-electron chi connectivity index (χ0n) is 9.74. The second-order valence-electron chi connectivity index (χ2n) is 4.04. The first kappa shape index (κ1) is 13.1. The van der Waals surface area contributed by atoms with Crippen LogP contribution in [0.5, 0.6) is 0 Å². The van der Waals surface area contributed by atoms with Crippen LogP contribution in [0.15, 0.2) is 16.9 Å². The maximum Gasteiger partial charge on any atom is 0.303 e. The third-order valence-electron chi connectivity index (χ3n) is 2.60. The van der Waals surface area contributed by atoms with Crippen LogP contribution in [-0.4, -0.2) is 21.0 Å². The lowest BCUT2D eigenvalue weighted by Gasteiger charge is -2.03. The second kappa shape index (κ2) is 5.13. The molecule has 2 N–H and O–H groups in total. The lowest BCUT2D eigenvalue weighted by molar-refractivity contribution is -0.137. The van der Waals surface area contributed by atoms with Gasteiger partial charge in [-0.2, -0.15) is 0 Å². The van der Waals surface area contributed by atoms with E-state index in [1.807, 2.05) is 0 Å². The lowest BCUT2D eigenvalue weighted by Crippen LogP contribution is -2.13. The van der Waals surface area contributed by atoms with Crippen molar-refractivity contribution < 1.29 is 18.7 Å². The van der Waals surface area contributed by atoms with Gasteiger partial charge in [-0.05, 0) is 12.5 Å². The number of carbonyl (C=O) groups is 1. The van der Waals surface area contributed by atoms with Crippen molar-refractivity contribution in [2.24, 2.45) is 0 Å². The number of rotatable bonds is 4. The smallest absolute Gasteiger partial charge is 0.303 e. The number of nitrogens with one attached hydrogen (secondary N) is 1. The summed E-state index contributed by atoms with van der Waals surface area (Å²) in [6.45, 7) is 0. The first-order valence-electron chi connectivity index (χ1n) is 5.57. The van der Waals surface area contributed by atoms with Crippen LogP contribution in [0.1, 0.15) is 18.7 Å². The Morgan fingerprint density at radius 3 is 2.68 bits per heavy atom. The average Bonchev–Trinajstić information content (AvgIpc) is 2.31. The molecule has 0 spiro atoms. The largest absolute Gasteiger partial charge is 0.481 e. The number of fused-ring (bicyclic) bond motifs is 1. The number of carboxylic acids is 1. The number of aliphatic carboxylic acids is 1. The summed E-state index contributed by atoms with van der Waals surface area (Å²) in [6.07, 6.45) is 0.490. The molecule has 1 aromatic carbocycles. The van der Waals surface area contributed by atoms with E-state index in [0.717, 1.165) is 12.1 Å². The molecular formula is C12H10F2N2O3. The van der Waals surface area contributed by atoms with Crippen LogP contribution in [0.3, 0.4) is 0 Å². The number of hydrogen-bond donors (Lipinski definition) is 2. The number of halogens is 2. The molecule has 0 saturated carbocycles. The van der Waals surface area contributed by atoms with E-state index in [2.05, 4.69) is 9.97 Å². The van der Waals surface area contributed by atoms with Gasteiger partial charge in [0, 0.05) is 18.9 Å². The molecule has 0 atom stereocenters. The van der Waals surface area contributed by atoms with Crippen molar-refractivity contribution in [3.8, 4) is 0 Å². The van der Waals surface area contributed by atoms with Crippen molar-refractivity contribution in [2.45, 2.75) is 19.3 Å². The molecule has 0 unspecified atom stereocenters. The predicted molar refractivity (Wildman–Crippen MR) is 62.9 cm³/mol. The molecule has 0 bridgehead atoms. The Morgan fingerprint density at radius 2 is 2.00 bits per heavy atom. The van der Waals surface area contributed by atoms with Crippen LogP contribution in [0.4, 0.5) is 8.78 Å². The number of nitrogens with zero attached hydrogens (tertiary/aromatic N) is 1. The molecule has 100 valence electrons. The number of H-pyrrole nitrogens is 1. The van der Waals surface area contributed by atoms with Gasteiger partial charge in [-0.1, -0.05) is 0 Å². The molecule has 0 aliphatic carbocycles. The van der Waals surface area contributed by atoms with E-state index in [0.29, 0.717) is 6.42 Å². The highest BCUT2D eigenvalue weighted by atomic mass is 19.2. The first-order chi connectivity index (χ1) is 8.97. The molecule has 0 radical (unpaired) electrons. The van der Waals surface area contributed by atoms with E-state index in [1.165, 1.54) is 0 Å². The number of aryl methyl sites for hydroxylation is 1. The van der Waals surface area contributed by atoms with E-state index in [1.54, 1.807) is 0 Å². The van der Waals surface area contributed by atoms with Crippen molar-refractivity contribution in [3.63, 3.8) is 0 Å². The number of carboxylic acid groups (broad SMARTS) is 1. The van der Waals surface area contributed by atoms with Crippen LogP contribution in [0.2, 0.25) is 0 Å². The third-order valence-corrected chi connectivity index (χ3v) is 2.60. The summed E-state index contributed by atoms with van der Waals surface area (Å²) in [5.74, 6) is -2.89. The monoisotopic (exact) mass is 268 g/mol. The van der Waals surface area contributed by atoms with E-state index in [4.69, 9.17) is 5.11 Å². The zero-order chi connectivity index (χ0) is 14.0. The van der Waals surface area contributed by atoms with Gasteiger partial charge in [-0.3, -0.25) is 9.59 Å². The molecule has 0 aliphatic heterocycles. The highest BCUT2D eigenvalue weighted by molar-refractivity contribution is 5.77. The van der Waals surface area contributed by atoms with Crippen molar-refractivity contribution in [3.05, 3.63) is 39.9 Å². The summed E-state index contributed by atoms with van der Waals surface area (Å²) in [7, 11) is 0. The molecule has 0 aliphatic rings. The molecular weight excluding hydrogens is 258 g/mol. The van der Waals surface area contributed by atoms with Crippen LogP contribution in [-0.2, 0) is 11.2 Å². The maximum atomic E-state index is 13.1. The Hall–Kier alpha value is -2.31. The molecule has 0 fully saturated rings. The van der Waals surface area contributed by atoms with Crippen molar-refractivity contribution >= 4 is 16.9 Å². The first-order valence-corrected chi connectivity index (χ1v) is 5.57. The summed E-state index contributed by atoms with van der Waals surface area (Å²) in [4.78, 5) is 28.4. The Kier molecular flexibility index (Phi) is 3.55. The normalized spacial score (nSPS) is 10.8. The minimum Gasteiger partial charge on any atom is -0.481 e. The fraction of sp³-hybridized carbons (Fsp3) is 0.250. The Bertz CT molecular complexity index is 697. The number of aromatic amines is 1. The molecule has 0 saturated heterocycles. The summed E-state index contributed by atoms with van der Waals surface area (Å²) >= 11 is 0. The van der Waals surface area contributed by atoms with E-state index in [-0.39, 0.29) is 29.6 Å². The average molecular weight is 268 g/mol. The summed E-state index contributed by atoms with van der Waals surface area (Å²) in [6, 6.07) is 1.64. The standard InChI is InChI=1S/C12H10F2N2O3/c13-7-4-6-9(5-8(7)14)15-10(16-12(6)19)2-1-3-11(17)18/h4-5H,1-3H2,(H,17,18)(H,15,16,19). The van der Waals surface area contributed by atoms with E-state index >= 15 is 0 Å². The summed E-state index contributed by atoms with van der Waals surface area (Å²) < 4.78 is 26.1. The minimum atomic E-state index is -1.11. The van der Waals surface area contributed by atoms with Crippen LogP contribution in [0, 0.1) is 11.6 Å². The topological polar surface area (TPSA) is 83.0 Å². The third kappa shape index (κ3) is 2.93. The van der Waals surface area contributed by atoms with Gasteiger partial charge in [-0.25, -0.2) is 13.8 Å².